The number of nitrogens with two attached hydrogens (primary N) is 1. The van der Waals surface area contributed by atoms with Crippen LogP contribution in [0.25, 0.3) is 11.4 Å². The molecule has 3 aliphatic carbocycles. The van der Waals surface area contributed by atoms with Gasteiger partial charge in [0.25, 0.3) is 5.91 Å². The number of Topliss-reactive ketones (excluding diaryl/α,β-unsaturated/α-hetero) is 2. The van der Waals surface area contributed by atoms with E-state index in [0.717, 1.165) is 88.1 Å². The fraction of sp³-hybridized carbons (Fsp3) is 0.439. The molecule has 11 heteroatoms. The van der Waals surface area contributed by atoms with E-state index in [1.807, 2.05) is 49.0 Å². The number of nitrogens with one attached hydrogen (secondary N) is 1. The van der Waals surface area contributed by atoms with Gasteiger partial charge in [-0.05, 0) is 121 Å². The Hall–Kier alpha value is -4.53. The first-order valence-electron chi connectivity index (χ1n) is 17.9. The quantitative estimate of drug-likeness (QED) is 0.188. The molecule has 1 fully saturated rings. The average molecular weight is 768 g/mol. The van der Waals surface area contributed by atoms with E-state index in [2.05, 4.69) is 64.7 Å². The zero-order valence-corrected chi connectivity index (χ0v) is 32.4. The Labute approximate surface area is 313 Å². The second-order valence-corrected chi connectivity index (χ2v) is 17.1. The van der Waals surface area contributed by atoms with E-state index < -0.39 is 5.91 Å². The number of ketones is 2. The molecular formula is C41H47BrN6O4. The standard InChI is InChI=1S/C24H31N3O3.C17H16BrN3O/c1-14-13-27(20-11-24(2,3)12-21(29)22(14)20)16-6-9-18(23(25)30)19(10-16)26-15-4-7-17(28)8-5-15;1-10-16-14(7-17(2,3)8-15(16)22)21(20-10)12-5-4-11(9-19)13(18)6-12/h6,9-10,13,15,17,26,28H,4-5,7-8,11-12H2,1-3H3,(H2,25,30);4-6H,7-8H2,1-3H3. The second-order valence-electron chi connectivity index (χ2n) is 16.2. The third-order valence-electron chi connectivity index (χ3n) is 10.5. The maximum absolute atomic E-state index is 12.8. The average Bonchev–Trinajstić information content (AvgIpc) is 3.56. The maximum Gasteiger partial charge on any atom is 0.250 e. The Morgan fingerprint density at radius 1 is 0.923 bits per heavy atom. The van der Waals surface area contributed by atoms with Crippen molar-refractivity contribution in [1.29, 1.82) is 5.26 Å². The van der Waals surface area contributed by atoms with Crippen LogP contribution in [0, 0.1) is 36.0 Å². The predicted octanol–water partition coefficient (Wildman–Crippen LogP) is 7.73. The van der Waals surface area contributed by atoms with Crippen molar-refractivity contribution in [1.82, 2.24) is 14.3 Å². The van der Waals surface area contributed by atoms with Crippen molar-refractivity contribution in [2.75, 3.05) is 5.32 Å². The molecule has 52 heavy (non-hydrogen) atoms. The van der Waals surface area contributed by atoms with Crippen LogP contribution in [0.4, 0.5) is 5.69 Å². The summed E-state index contributed by atoms with van der Waals surface area (Å²) in [6.07, 6.45) is 7.75. The highest BCUT2D eigenvalue weighted by molar-refractivity contribution is 9.10. The molecule has 10 nitrogen and oxygen atoms in total. The number of halogens is 1. The lowest BCUT2D eigenvalue weighted by Crippen LogP contribution is -2.29. The van der Waals surface area contributed by atoms with E-state index in [1.165, 1.54) is 0 Å². The van der Waals surface area contributed by atoms with Crippen molar-refractivity contribution in [3.63, 3.8) is 0 Å². The lowest BCUT2D eigenvalue weighted by Gasteiger charge is -2.30. The minimum absolute atomic E-state index is 0.0574. The molecule has 0 atom stereocenters. The molecule has 0 saturated heterocycles. The van der Waals surface area contributed by atoms with Crippen LogP contribution in [-0.4, -0.2) is 49.1 Å². The Morgan fingerprint density at radius 2 is 1.54 bits per heavy atom. The molecule has 0 bridgehead atoms. The van der Waals surface area contributed by atoms with E-state index in [0.29, 0.717) is 29.7 Å². The Kier molecular flexibility index (Phi) is 10.1. The minimum atomic E-state index is -0.470. The van der Waals surface area contributed by atoms with Crippen LogP contribution in [0.2, 0.25) is 0 Å². The summed E-state index contributed by atoms with van der Waals surface area (Å²) in [4.78, 5) is 37.2. The molecule has 1 amide bonds. The van der Waals surface area contributed by atoms with Crippen molar-refractivity contribution in [3.05, 3.63) is 92.0 Å². The van der Waals surface area contributed by atoms with E-state index in [1.54, 1.807) is 12.1 Å². The first kappa shape index (κ1) is 37.2. The van der Waals surface area contributed by atoms with Crippen LogP contribution in [0.1, 0.15) is 126 Å². The Morgan fingerprint density at radius 3 is 2.15 bits per heavy atom. The summed E-state index contributed by atoms with van der Waals surface area (Å²) < 4.78 is 4.66. The van der Waals surface area contributed by atoms with E-state index in [-0.39, 0.29) is 34.5 Å². The molecule has 4 N–H and O–H groups in total. The molecule has 2 aromatic heterocycles. The highest BCUT2D eigenvalue weighted by atomic mass is 79.9. The van der Waals surface area contributed by atoms with Gasteiger partial charge in [0.2, 0.25) is 0 Å². The van der Waals surface area contributed by atoms with Crippen molar-refractivity contribution >= 4 is 39.1 Å². The molecule has 0 unspecified atom stereocenters. The number of fused-ring (bicyclic) bond motifs is 2. The second kappa shape index (κ2) is 14.1. The first-order chi connectivity index (χ1) is 24.5. The van der Waals surface area contributed by atoms with Crippen LogP contribution in [0.15, 0.2) is 47.1 Å². The number of hydrogen-bond acceptors (Lipinski definition) is 7. The van der Waals surface area contributed by atoms with Gasteiger partial charge in [-0.2, -0.15) is 10.4 Å². The Balaban J connectivity index is 0.000000187. The fourth-order valence-electron chi connectivity index (χ4n) is 8.04. The highest BCUT2D eigenvalue weighted by Gasteiger charge is 2.36. The number of aliphatic hydroxyl groups is 1. The number of nitriles is 1. The van der Waals surface area contributed by atoms with Gasteiger partial charge in [0.05, 0.1) is 39.9 Å². The summed E-state index contributed by atoms with van der Waals surface area (Å²) in [7, 11) is 0. The summed E-state index contributed by atoms with van der Waals surface area (Å²) >= 11 is 3.41. The van der Waals surface area contributed by atoms with Crippen molar-refractivity contribution in [2.24, 2.45) is 16.6 Å². The summed E-state index contributed by atoms with van der Waals surface area (Å²) in [5.41, 5.74) is 14.4. The summed E-state index contributed by atoms with van der Waals surface area (Å²) in [6, 6.07) is 13.4. The number of rotatable bonds is 5. The largest absolute Gasteiger partial charge is 0.393 e. The van der Waals surface area contributed by atoms with Gasteiger partial charge in [-0.15, -0.1) is 0 Å². The minimum Gasteiger partial charge on any atom is -0.393 e. The first-order valence-corrected chi connectivity index (χ1v) is 18.7. The third-order valence-corrected chi connectivity index (χ3v) is 11.2. The third kappa shape index (κ3) is 7.50. The lowest BCUT2D eigenvalue weighted by atomic mass is 9.75. The predicted molar refractivity (Wildman–Crippen MR) is 204 cm³/mol. The molecule has 1 saturated carbocycles. The number of aryl methyl sites for hydroxylation is 2. The molecule has 2 aromatic carbocycles. The van der Waals surface area contributed by atoms with Crippen LogP contribution in [0.5, 0.6) is 0 Å². The van der Waals surface area contributed by atoms with Gasteiger partial charge in [0.15, 0.2) is 11.6 Å². The van der Waals surface area contributed by atoms with Gasteiger partial charge >= 0.3 is 0 Å². The molecule has 2 heterocycles. The van der Waals surface area contributed by atoms with E-state index in [9.17, 15) is 19.5 Å². The lowest BCUT2D eigenvalue weighted by molar-refractivity contribution is 0.0900. The van der Waals surface area contributed by atoms with Crippen molar-refractivity contribution in [3.8, 4) is 17.4 Å². The molecule has 3 aliphatic rings. The van der Waals surface area contributed by atoms with Gasteiger partial charge in [-0.1, -0.05) is 27.7 Å². The smallest absolute Gasteiger partial charge is 0.250 e. The molecule has 0 radical (unpaired) electrons. The zero-order valence-electron chi connectivity index (χ0n) is 30.8. The fourth-order valence-corrected chi connectivity index (χ4v) is 8.50. The van der Waals surface area contributed by atoms with Crippen LogP contribution >= 0.6 is 15.9 Å². The number of carbonyl (C=O) groups excluding carboxylic acids is 3. The van der Waals surface area contributed by atoms with Gasteiger partial charge in [-0.3, -0.25) is 14.4 Å². The van der Waals surface area contributed by atoms with Gasteiger partial charge in [0.1, 0.15) is 6.07 Å². The number of hydrogen-bond donors (Lipinski definition) is 3. The SMILES string of the molecule is Cc1cn(-c2ccc(C(N)=O)c(NC3CCC(O)CC3)c2)c2c1C(=O)CC(C)(C)C2.Cc1nn(-c2ccc(C#N)c(Br)c2)c2c1C(=O)CC(C)(C)C2. The van der Waals surface area contributed by atoms with Crippen LogP contribution in [0.3, 0.4) is 0 Å². The normalized spacial score (nSPS) is 20.2. The van der Waals surface area contributed by atoms with Crippen LogP contribution < -0.4 is 11.1 Å². The zero-order chi connectivity index (χ0) is 37.7. The number of aliphatic hydroxyl groups excluding tert-OH is 1. The number of carbonyl (C=O) groups is 3. The number of amides is 1. The Bertz CT molecular complexity index is 2130. The molecule has 0 spiro atoms. The molecule has 7 rings (SSSR count). The molecular weight excluding hydrogens is 720 g/mol. The van der Waals surface area contributed by atoms with Crippen molar-refractivity contribution < 1.29 is 19.5 Å². The number of aromatic nitrogens is 3. The van der Waals surface area contributed by atoms with Gasteiger partial charge < -0.3 is 20.7 Å². The summed E-state index contributed by atoms with van der Waals surface area (Å²) in [5.74, 6) is -0.102. The van der Waals surface area contributed by atoms with Gasteiger partial charge in [-0.25, -0.2) is 4.68 Å². The van der Waals surface area contributed by atoms with E-state index >= 15 is 0 Å². The number of anilines is 1. The summed E-state index contributed by atoms with van der Waals surface area (Å²) in [6.45, 7) is 12.3. The molecule has 272 valence electrons. The topological polar surface area (TPSA) is 156 Å². The number of benzene rings is 2. The summed E-state index contributed by atoms with van der Waals surface area (Å²) in [5, 5.41) is 26.9. The van der Waals surface area contributed by atoms with Crippen LogP contribution in [-0.2, 0) is 12.8 Å². The molecule has 0 aliphatic heterocycles. The van der Waals surface area contributed by atoms with E-state index in [4.69, 9.17) is 11.0 Å². The highest BCUT2D eigenvalue weighted by Crippen LogP contribution is 2.39. The van der Waals surface area contributed by atoms with Crippen molar-refractivity contribution in [2.45, 2.75) is 105 Å². The molecule has 4 aromatic rings. The number of primary amides is 1. The maximum atomic E-state index is 12.8. The number of nitrogens with zero attached hydrogens (tertiary/aromatic N) is 4. The monoisotopic (exact) mass is 766 g/mol. The van der Waals surface area contributed by atoms with Gasteiger partial charge in [0, 0.05) is 52.2 Å².